The average Bonchev–Trinajstić information content (AvgIpc) is 3.64. The number of aryl methyl sites for hydroxylation is 2. The van der Waals surface area contributed by atoms with Crippen molar-refractivity contribution in [2.75, 3.05) is 0 Å². The molecule has 0 fully saturated rings. The fourth-order valence-electron chi connectivity index (χ4n) is 7.61. The second kappa shape index (κ2) is 13.0. The number of rotatable bonds is 3. The summed E-state index contributed by atoms with van der Waals surface area (Å²) in [5.74, 6) is 1.13. The first-order chi connectivity index (χ1) is 24.9. The number of hydrogen-bond donors (Lipinski definition) is 1. The Hall–Kier alpha value is -4.66. The van der Waals surface area contributed by atoms with Crippen LogP contribution in [0.3, 0.4) is 0 Å². The Morgan fingerprint density at radius 3 is 2.00 bits per heavy atom. The van der Waals surface area contributed by atoms with Gasteiger partial charge < -0.3 is 13.9 Å². The van der Waals surface area contributed by atoms with Crippen molar-refractivity contribution in [3.63, 3.8) is 0 Å². The number of pyridine rings is 1. The molecule has 0 amide bonds. The molecule has 4 nitrogen and oxygen atoms in total. The molecular weight excluding hydrogens is 844 g/mol. The van der Waals surface area contributed by atoms with Gasteiger partial charge in [-0.3, -0.25) is 4.98 Å². The fourth-order valence-corrected chi connectivity index (χ4v) is 7.61. The third kappa shape index (κ3) is 6.17. The van der Waals surface area contributed by atoms with Crippen LogP contribution in [-0.4, -0.2) is 14.5 Å². The van der Waals surface area contributed by atoms with Gasteiger partial charge in [-0.15, -0.1) is 58.1 Å². The largest absolute Gasteiger partial charge is 2.00 e. The Kier molecular flexibility index (Phi) is 9.05. The zero-order valence-electron chi connectivity index (χ0n) is 33.1. The third-order valence-corrected chi connectivity index (χ3v) is 10.8. The molecule has 1 N–H and O–H groups in total. The van der Waals surface area contributed by atoms with E-state index in [1.165, 1.54) is 5.56 Å². The van der Waals surface area contributed by atoms with E-state index in [2.05, 4.69) is 147 Å². The van der Waals surface area contributed by atoms with Gasteiger partial charge in [-0.05, 0) is 64.5 Å². The second-order valence-electron chi connectivity index (χ2n) is 17.8. The first-order valence-electron chi connectivity index (χ1n) is 18.6. The van der Waals surface area contributed by atoms with Crippen LogP contribution in [0.15, 0.2) is 89.3 Å². The zero-order chi connectivity index (χ0) is 37.8. The molecule has 0 unspecified atom stereocenters. The molecule has 8 rings (SSSR count). The van der Waals surface area contributed by atoms with E-state index in [0.717, 1.165) is 94.4 Å². The quantitative estimate of drug-likeness (QED) is 0.180. The number of fused-ring (bicyclic) bond motifs is 8. The van der Waals surface area contributed by atoms with Crippen molar-refractivity contribution >= 4 is 38.6 Å². The van der Waals surface area contributed by atoms with Crippen LogP contribution in [0.5, 0.6) is 5.75 Å². The van der Waals surface area contributed by atoms with Crippen LogP contribution in [-0.2, 0) is 37.3 Å². The summed E-state index contributed by atoms with van der Waals surface area (Å²) in [7, 11) is 0. The average molecular weight is 892 g/mol. The molecule has 0 saturated carbocycles. The van der Waals surface area contributed by atoms with Gasteiger partial charge in [0.2, 0.25) is 0 Å². The van der Waals surface area contributed by atoms with Gasteiger partial charge in [0, 0.05) is 5.39 Å². The summed E-state index contributed by atoms with van der Waals surface area (Å²) in [6, 6.07) is 36.9. The Bertz CT molecular complexity index is 2750. The molecule has 0 radical (unpaired) electrons. The number of imidazole rings is 1. The molecule has 0 spiro atoms. The van der Waals surface area contributed by atoms with Gasteiger partial charge in [-0.2, -0.15) is 0 Å². The van der Waals surface area contributed by atoms with Crippen LogP contribution in [0.25, 0.3) is 71.9 Å². The Morgan fingerprint density at radius 1 is 0.667 bits per heavy atom. The monoisotopic (exact) mass is 891 g/mol. The van der Waals surface area contributed by atoms with Crippen LogP contribution >= 0.6 is 0 Å². The van der Waals surface area contributed by atoms with Crippen molar-refractivity contribution in [1.82, 2.24) is 9.38 Å². The number of para-hydroxylation sites is 1. The van der Waals surface area contributed by atoms with Crippen LogP contribution in [0.1, 0.15) is 90.3 Å². The first kappa shape index (κ1) is 37.6. The maximum atomic E-state index is 11.3. The summed E-state index contributed by atoms with van der Waals surface area (Å²) < 4.78 is 8.88. The van der Waals surface area contributed by atoms with Gasteiger partial charge >= 0.3 is 21.1 Å². The molecule has 8 aromatic rings. The smallest absolute Gasteiger partial charge is 0.515 e. The number of phenols is 1. The number of aromatic hydroxyl groups is 1. The van der Waals surface area contributed by atoms with E-state index in [0.29, 0.717) is 0 Å². The van der Waals surface area contributed by atoms with Gasteiger partial charge in [-0.25, -0.2) is 0 Å². The molecule has 0 atom stereocenters. The minimum absolute atomic E-state index is 0. The van der Waals surface area contributed by atoms with Crippen molar-refractivity contribution in [2.45, 2.75) is 92.4 Å². The van der Waals surface area contributed by atoms with Crippen molar-refractivity contribution in [2.24, 2.45) is 0 Å². The Morgan fingerprint density at radius 2 is 1.35 bits per heavy atom. The summed E-state index contributed by atoms with van der Waals surface area (Å²) in [6.45, 7) is 24.5. The van der Waals surface area contributed by atoms with Crippen LogP contribution in [0.2, 0.25) is 0 Å². The molecule has 0 bridgehead atoms. The molecule has 0 saturated heterocycles. The van der Waals surface area contributed by atoms with E-state index >= 15 is 0 Å². The molecular formula is C49H48N2O2Pt. The summed E-state index contributed by atoms with van der Waals surface area (Å²) >= 11 is 0. The Balaban J connectivity index is 0.00000450. The van der Waals surface area contributed by atoms with E-state index in [1.807, 2.05) is 24.3 Å². The van der Waals surface area contributed by atoms with Crippen molar-refractivity contribution < 1.29 is 30.6 Å². The summed E-state index contributed by atoms with van der Waals surface area (Å²) in [5, 5.41) is 14.6. The number of hydrogen-bond acceptors (Lipinski definition) is 3. The van der Waals surface area contributed by atoms with Crippen molar-refractivity contribution in [3.8, 4) is 39.1 Å². The fraction of sp³-hybridized carbons (Fsp3) is 0.286. The molecule has 54 heavy (non-hydrogen) atoms. The standard InChI is InChI=1S/C49H48N2O2.Pt/c1-28-29(2)53-46-42(28)43-38(26-35(48(6,7)8)27-39(43)49(9,10)11)45-50-44-36(18-15-19-40(44)51(45)46)32-22-33(24-34(23-32)47(3,4)5)37-25-31(20-21-41(37)52)30-16-13-12-14-17-30;/h12-21,23-25,27,52H,1-11H3;/q-2;+2. The molecule has 0 aliphatic rings. The van der Waals surface area contributed by atoms with Crippen LogP contribution in [0, 0.1) is 26.0 Å². The minimum Gasteiger partial charge on any atom is -0.515 e. The molecule has 276 valence electrons. The number of furan rings is 1. The predicted octanol–water partition coefficient (Wildman–Crippen LogP) is 13.2. The number of benzene rings is 5. The summed E-state index contributed by atoms with van der Waals surface area (Å²) in [5.41, 5.74) is 13.4. The number of phenolic OH excluding ortho intramolecular Hbond substituents is 1. The molecule has 5 aromatic carbocycles. The van der Waals surface area contributed by atoms with E-state index in [-0.39, 0.29) is 43.1 Å². The van der Waals surface area contributed by atoms with Gasteiger partial charge in [0.15, 0.2) is 5.71 Å². The SMILES string of the molecule is Cc1oc2c(c1C)c1c(C(C)(C)C)cc(C(C)(C)C)[c-]c1c1nc3c(-c4[c-]c(-c5cc(-c6ccccc6)ccc5O)cc(C(C)(C)C)c4)cccc3n12.[Pt+2]. The molecule has 3 aromatic heterocycles. The summed E-state index contributed by atoms with van der Waals surface area (Å²) in [4.78, 5) is 5.52. The van der Waals surface area contributed by atoms with Gasteiger partial charge in [0.1, 0.15) is 5.76 Å². The number of aromatic nitrogens is 2. The van der Waals surface area contributed by atoms with E-state index < -0.39 is 0 Å². The maximum absolute atomic E-state index is 11.3. The third-order valence-electron chi connectivity index (χ3n) is 10.8. The second-order valence-corrected chi connectivity index (χ2v) is 17.8. The topological polar surface area (TPSA) is 50.7 Å². The summed E-state index contributed by atoms with van der Waals surface area (Å²) in [6.07, 6.45) is 0. The van der Waals surface area contributed by atoms with Crippen LogP contribution < -0.4 is 0 Å². The zero-order valence-corrected chi connectivity index (χ0v) is 35.4. The normalized spacial score (nSPS) is 12.6. The predicted molar refractivity (Wildman–Crippen MR) is 221 cm³/mol. The minimum atomic E-state index is -0.161. The van der Waals surface area contributed by atoms with E-state index in [1.54, 1.807) is 6.07 Å². The van der Waals surface area contributed by atoms with Crippen LogP contribution in [0.4, 0.5) is 0 Å². The first-order valence-corrected chi connectivity index (χ1v) is 18.6. The van der Waals surface area contributed by atoms with Gasteiger partial charge in [0.25, 0.3) is 0 Å². The van der Waals surface area contributed by atoms with E-state index in [4.69, 9.17) is 9.40 Å². The van der Waals surface area contributed by atoms with Gasteiger partial charge in [0.05, 0.1) is 22.4 Å². The molecule has 3 heterocycles. The molecule has 0 aliphatic carbocycles. The molecule has 0 aliphatic heterocycles. The van der Waals surface area contributed by atoms with Crippen molar-refractivity contribution in [1.29, 1.82) is 0 Å². The maximum Gasteiger partial charge on any atom is 2.00 e. The Labute approximate surface area is 333 Å². The van der Waals surface area contributed by atoms with Gasteiger partial charge in [-0.1, -0.05) is 133 Å². The molecule has 5 heteroatoms. The van der Waals surface area contributed by atoms with Crippen molar-refractivity contribution in [3.05, 3.63) is 125 Å². The van der Waals surface area contributed by atoms with E-state index in [9.17, 15) is 5.11 Å². The number of nitrogens with zero attached hydrogens (tertiary/aromatic N) is 2.